The third-order valence-corrected chi connectivity index (χ3v) is 3.17. The minimum Gasteiger partial charge on any atom is -0.484 e. The first kappa shape index (κ1) is 16.0. The summed E-state index contributed by atoms with van der Waals surface area (Å²) < 4.78 is 5.51. The summed E-state index contributed by atoms with van der Waals surface area (Å²) in [7, 11) is 0. The van der Waals surface area contributed by atoms with Crippen LogP contribution in [0.3, 0.4) is 0 Å². The molecular weight excluding hydrogens is 276 g/mol. The van der Waals surface area contributed by atoms with Gasteiger partial charge in [-0.1, -0.05) is 44.2 Å². The average Bonchev–Trinajstić information content (AvgIpc) is 2.50. The van der Waals surface area contributed by atoms with Gasteiger partial charge in [0.1, 0.15) is 5.75 Å². The smallest absolute Gasteiger partial charge is 0.277 e. The predicted octanol–water partition coefficient (Wildman–Crippen LogP) is 3.76. The number of carbonyl (C=O) groups excluding carboxylic acids is 1. The van der Waals surface area contributed by atoms with Crippen LogP contribution in [0.2, 0.25) is 0 Å². The van der Waals surface area contributed by atoms with E-state index in [2.05, 4.69) is 24.4 Å². The minimum atomic E-state index is -0.253. The van der Waals surface area contributed by atoms with Gasteiger partial charge in [0.15, 0.2) is 6.61 Å². The molecule has 2 aromatic carbocycles. The first-order chi connectivity index (χ1) is 10.5. The summed E-state index contributed by atoms with van der Waals surface area (Å²) in [6, 6.07) is 13.8. The van der Waals surface area contributed by atoms with E-state index in [1.165, 1.54) is 0 Å². The number of nitrogens with one attached hydrogen (secondary N) is 1. The Morgan fingerprint density at radius 2 is 1.91 bits per heavy atom. The topological polar surface area (TPSA) is 50.7 Å². The molecule has 0 unspecified atom stereocenters. The molecule has 4 heteroatoms. The lowest BCUT2D eigenvalue weighted by Gasteiger charge is -2.07. The summed E-state index contributed by atoms with van der Waals surface area (Å²) in [5.41, 5.74) is 3.43. The molecule has 0 aliphatic carbocycles. The Morgan fingerprint density at radius 3 is 2.64 bits per heavy atom. The van der Waals surface area contributed by atoms with Crippen LogP contribution in [0.5, 0.6) is 5.75 Å². The third-order valence-electron chi connectivity index (χ3n) is 3.17. The van der Waals surface area contributed by atoms with Crippen molar-refractivity contribution in [3.8, 4) is 5.75 Å². The van der Waals surface area contributed by atoms with Crippen molar-refractivity contribution in [1.82, 2.24) is 5.43 Å². The number of nitrogens with zero attached hydrogens (tertiary/aromatic N) is 1. The van der Waals surface area contributed by atoms with Gasteiger partial charge >= 0.3 is 0 Å². The Labute approximate surface area is 131 Å². The van der Waals surface area contributed by atoms with Gasteiger partial charge in [-0.3, -0.25) is 4.79 Å². The molecule has 1 amide bonds. The van der Waals surface area contributed by atoms with E-state index in [9.17, 15) is 4.79 Å². The first-order valence-corrected chi connectivity index (χ1v) is 7.48. The van der Waals surface area contributed by atoms with Crippen molar-refractivity contribution < 1.29 is 9.53 Å². The Balaban J connectivity index is 1.87. The molecule has 0 spiro atoms. The molecule has 0 aliphatic heterocycles. The maximum Gasteiger partial charge on any atom is 0.277 e. The van der Waals surface area contributed by atoms with Crippen LogP contribution >= 0.6 is 0 Å². The van der Waals surface area contributed by atoms with E-state index >= 15 is 0 Å². The number of rotatable bonds is 6. The van der Waals surface area contributed by atoms with Gasteiger partial charge in [-0.05, 0) is 42.2 Å². The standard InChI is InChI=1S/C18H22N2O2/c1-13(2)10-14(3)19-20-18(21)12-22-17-9-8-15-6-4-5-7-16(15)11-17/h4-9,11,13H,10,12H2,1-3H3,(H,20,21). The van der Waals surface area contributed by atoms with Crippen LogP contribution in [0.4, 0.5) is 0 Å². The zero-order valence-corrected chi connectivity index (χ0v) is 13.3. The van der Waals surface area contributed by atoms with Gasteiger partial charge in [-0.25, -0.2) is 5.43 Å². The molecular formula is C18H22N2O2. The fourth-order valence-electron chi connectivity index (χ4n) is 2.23. The van der Waals surface area contributed by atoms with Crippen molar-refractivity contribution in [2.75, 3.05) is 6.61 Å². The van der Waals surface area contributed by atoms with Crippen LogP contribution in [-0.4, -0.2) is 18.2 Å². The second-order valence-corrected chi connectivity index (χ2v) is 5.78. The van der Waals surface area contributed by atoms with Gasteiger partial charge in [0.2, 0.25) is 0 Å². The van der Waals surface area contributed by atoms with Gasteiger partial charge in [-0.2, -0.15) is 5.10 Å². The summed E-state index contributed by atoms with van der Waals surface area (Å²) in [5, 5.41) is 6.30. The van der Waals surface area contributed by atoms with Gasteiger partial charge in [0, 0.05) is 5.71 Å². The molecule has 2 aromatic rings. The number of amides is 1. The molecule has 0 aromatic heterocycles. The van der Waals surface area contributed by atoms with Gasteiger partial charge < -0.3 is 4.74 Å². The largest absolute Gasteiger partial charge is 0.484 e. The lowest BCUT2D eigenvalue weighted by atomic mass is 10.1. The molecule has 0 saturated heterocycles. The van der Waals surface area contributed by atoms with Crippen molar-refractivity contribution in [1.29, 1.82) is 0 Å². The van der Waals surface area contributed by atoms with E-state index in [1.807, 2.05) is 49.4 Å². The second-order valence-electron chi connectivity index (χ2n) is 5.78. The first-order valence-electron chi connectivity index (χ1n) is 7.48. The van der Waals surface area contributed by atoms with Crippen molar-refractivity contribution in [3.05, 3.63) is 42.5 Å². The number of hydrazone groups is 1. The number of carbonyl (C=O) groups is 1. The molecule has 0 heterocycles. The number of ether oxygens (including phenoxy) is 1. The Bertz CT molecular complexity index is 678. The summed E-state index contributed by atoms with van der Waals surface area (Å²) in [5.74, 6) is 0.947. The van der Waals surface area contributed by atoms with Crippen LogP contribution in [0, 0.1) is 5.92 Å². The van der Waals surface area contributed by atoms with Crippen LogP contribution in [0.25, 0.3) is 10.8 Å². The molecule has 0 atom stereocenters. The molecule has 0 bridgehead atoms. The predicted molar refractivity (Wildman–Crippen MR) is 90.1 cm³/mol. The Morgan fingerprint density at radius 1 is 1.18 bits per heavy atom. The summed E-state index contributed by atoms with van der Waals surface area (Å²) in [6.07, 6.45) is 0.867. The molecule has 4 nitrogen and oxygen atoms in total. The quantitative estimate of drug-likeness (QED) is 0.652. The molecule has 0 saturated carbocycles. The Kier molecular flexibility index (Phi) is 5.53. The number of hydrogen-bond donors (Lipinski definition) is 1. The zero-order chi connectivity index (χ0) is 15.9. The van der Waals surface area contributed by atoms with E-state index < -0.39 is 0 Å². The highest BCUT2D eigenvalue weighted by Gasteiger charge is 2.03. The monoisotopic (exact) mass is 298 g/mol. The van der Waals surface area contributed by atoms with Crippen LogP contribution in [0.1, 0.15) is 27.2 Å². The lowest BCUT2D eigenvalue weighted by Crippen LogP contribution is -2.25. The number of fused-ring (bicyclic) bond motifs is 1. The fraction of sp³-hybridized carbons (Fsp3) is 0.333. The minimum absolute atomic E-state index is 0.0448. The van der Waals surface area contributed by atoms with Gasteiger partial charge in [0.05, 0.1) is 0 Å². The maximum absolute atomic E-state index is 11.7. The molecule has 2 rings (SSSR count). The van der Waals surface area contributed by atoms with Crippen LogP contribution in [0.15, 0.2) is 47.6 Å². The van der Waals surface area contributed by atoms with E-state index in [1.54, 1.807) is 0 Å². The Hall–Kier alpha value is -2.36. The lowest BCUT2D eigenvalue weighted by molar-refractivity contribution is -0.123. The van der Waals surface area contributed by atoms with E-state index in [0.29, 0.717) is 11.7 Å². The molecule has 1 N–H and O–H groups in total. The molecule has 0 aliphatic rings. The fourth-order valence-corrected chi connectivity index (χ4v) is 2.23. The van der Waals surface area contributed by atoms with Gasteiger partial charge in [0.25, 0.3) is 5.91 Å². The summed E-state index contributed by atoms with van der Waals surface area (Å²) >= 11 is 0. The molecule has 116 valence electrons. The van der Waals surface area contributed by atoms with Crippen molar-refractivity contribution in [2.45, 2.75) is 27.2 Å². The SMILES string of the molecule is CC(CC(C)C)=NNC(=O)COc1ccc2ccccc2c1. The highest BCUT2D eigenvalue weighted by molar-refractivity contribution is 5.85. The number of hydrogen-bond acceptors (Lipinski definition) is 3. The van der Waals surface area contributed by atoms with Crippen molar-refractivity contribution >= 4 is 22.4 Å². The molecule has 0 radical (unpaired) electrons. The van der Waals surface area contributed by atoms with Crippen molar-refractivity contribution in [3.63, 3.8) is 0 Å². The van der Waals surface area contributed by atoms with Crippen molar-refractivity contribution in [2.24, 2.45) is 11.0 Å². The van der Waals surface area contributed by atoms with Crippen LogP contribution < -0.4 is 10.2 Å². The van der Waals surface area contributed by atoms with E-state index in [-0.39, 0.29) is 12.5 Å². The number of benzene rings is 2. The maximum atomic E-state index is 11.7. The summed E-state index contributed by atoms with van der Waals surface area (Å²) in [4.78, 5) is 11.7. The van der Waals surface area contributed by atoms with Gasteiger partial charge in [-0.15, -0.1) is 0 Å². The van der Waals surface area contributed by atoms with Crippen LogP contribution in [-0.2, 0) is 4.79 Å². The zero-order valence-electron chi connectivity index (χ0n) is 13.3. The molecule has 22 heavy (non-hydrogen) atoms. The molecule has 0 fully saturated rings. The average molecular weight is 298 g/mol. The van der Waals surface area contributed by atoms with E-state index in [4.69, 9.17) is 4.74 Å². The highest BCUT2D eigenvalue weighted by atomic mass is 16.5. The highest BCUT2D eigenvalue weighted by Crippen LogP contribution is 2.20. The second kappa shape index (κ2) is 7.59. The summed E-state index contributed by atoms with van der Waals surface area (Å²) in [6.45, 7) is 6.09. The van der Waals surface area contributed by atoms with E-state index in [0.717, 1.165) is 22.9 Å². The normalized spacial score (nSPS) is 11.7. The third kappa shape index (κ3) is 4.88.